The van der Waals surface area contributed by atoms with Crippen LogP contribution in [0.4, 0.5) is 0 Å². The molecule has 96 valence electrons. The molecule has 6 heteroatoms. The third-order valence-corrected chi connectivity index (χ3v) is 3.33. The quantitative estimate of drug-likeness (QED) is 0.808. The maximum atomic E-state index is 10.4. The van der Waals surface area contributed by atoms with Crippen LogP contribution in [0.25, 0.3) is 11.0 Å². The van der Waals surface area contributed by atoms with Crippen LogP contribution in [0.1, 0.15) is 19.6 Å². The summed E-state index contributed by atoms with van der Waals surface area (Å²) in [5, 5.41) is 20.4. The Hall–Kier alpha value is -1.50. The third-order valence-electron chi connectivity index (χ3n) is 3.33. The van der Waals surface area contributed by atoms with Gasteiger partial charge in [0.2, 0.25) is 0 Å². The van der Waals surface area contributed by atoms with E-state index in [4.69, 9.17) is 9.84 Å². The Morgan fingerprint density at radius 3 is 3.17 bits per heavy atom. The molecule has 2 N–H and O–H groups in total. The number of fused-ring (bicyclic) bond motifs is 1. The van der Waals surface area contributed by atoms with Crippen molar-refractivity contribution in [1.29, 1.82) is 0 Å². The van der Waals surface area contributed by atoms with Gasteiger partial charge in [-0.3, -0.25) is 0 Å². The highest BCUT2D eigenvalue weighted by Crippen LogP contribution is 2.38. The smallest absolute Gasteiger partial charge is 0.164 e. The Labute approximate surface area is 104 Å². The lowest BCUT2D eigenvalue weighted by Crippen LogP contribution is -2.31. The van der Waals surface area contributed by atoms with Gasteiger partial charge in [-0.25, -0.2) is 9.97 Å². The molecule has 0 aromatic carbocycles. The van der Waals surface area contributed by atoms with E-state index in [1.807, 2.05) is 12.3 Å². The Morgan fingerprint density at radius 1 is 1.61 bits per heavy atom. The van der Waals surface area contributed by atoms with Crippen molar-refractivity contribution in [2.75, 3.05) is 6.61 Å². The fourth-order valence-corrected chi connectivity index (χ4v) is 2.50. The van der Waals surface area contributed by atoms with Gasteiger partial charge in [-0.2, -0.15) is 0 Å². The summed E-state index contributed by atoms with van der Waals surface area (Å²) in [6, 6.07) is 1.88. The van der Waals surface area contributed by atoms with Crippen molar-refractivity contribution in [3.63, 3.8) is 0 Å². The molecule has 18 heavy (non-hydrogen) atoms. The molecule has 1 saturated heterocycles. The minimum Gasteiger partial charge on any atom is -0.394 e. The molecule has 6 nitrogen and oxygen atoms in total. The largest absolute Gasteiger partial charge is 0.394 e. The molecular formula is C12H15N3O3. The van der Waals surface area contributed by atoms with Crippen molar-refractivity contribution in [1.82, 2.24) is 14.5 Å². The topological polar surface area (TPSA) is 80.4 Å². The molecule has 0 amide bonds. The standard InChI is InChI=1S/C12H15N3O3/c1-12(17)4-9(6-16)18-11(12)15-3-2-8-5-13-7-14-10(8)15/h2-3,5,7,9,11,16-17H,4,6H2,1H3/t9-,11?,12+/m0/s1. The van der Waals surface area contributed by atoms with Gasteiger partial charge in [0.25, 0.3) is 0 Å². The van der Waals surface area contributed by atoms with Gasteiger partial charge in [-0.15, -0.1) is 0 Å². The van der Waals surface area contributed by atoms with Gasteiger partial charge >= 0.3 is 0 Å². The molecule has 1 aliphatic rings. The molecule has 3 rings (SSSR count). The lowest BCUT2D eigenvalue weighted by Gasteiger charge is -2.25. The van der Waals surface area contributed by atoms with Gasteiger partial charge in [0, 0.05) is 24.2 Å². The van der Waals surface area contributed by atoms with Crippen LogP contribution >= 0.6 is 0 Å². The predicted molar refractivity (Wildman–Crippen MR) is 63.8 cm³/mol. The van der Waals surface area contributed by atoms with E-state index in [9.17, 15) is 5.11 Å². The van der Waals surface area contributed by atoms with E-state index in [1.54, 1.807) is 17.7 Å². The molecule has 0 saturated carbocycles. The molecule has 1 aliphatic heterocycles. The molecule has 2 aromatic heterocycles. The summed E-state index contributed by atoms with van der Waals surface area (Å²) in [7, 11) is 0. The number of hydrogen-bond acceptors (Lipinski definition) is 5. The third kappa shape index (κ3) is 1.69. The molecule has 3 heterocycles. The Bertz CT molecular complexity index is 566. The number of aliphatic hydroxyl groups excluding tert-OH is 1. The van der Waals surface area contributed by atoms with Crippen molar-refractivity contribution < 1.29 is 14.9 Å². The summed E-state index contributed by atoms with van der Waals surface area (Å²) in [5.74, 6) is 0. The van der Waals surface area contributed by atoms with Gasteiger partial charge in [0.15, 0.2) is 6.23 Å². The van der Waals surface area contributed by atoms with Gasteiger partial charge in [-0.1, -0.05) is 0 Å². The number of rotatable bonds is 2. The Kier molecular flexibility index (Phi) is 2.58. The second-order valence-corrected chi connectivity index (χ2v) is 4.88. The second kappa shape index (κ2) is 4.01. The van der Waals surface area contributed by atoms with E-state index < -0.39 is 11.8 Å². The number of aliphatic hydroxyl groups is 2. The van der Waals surface area contributed by atoms with Gasteiger partial charge in [-0.05, 0) is 13.0 Å². The second-order valence-electron chi connectivity index (χ2n) is 4.88. The van der Waals surface area contributed by atoms with Crippen molar-refractivity contribution in [3.05, 3.63) is 24.8 Å². The summed E-state index contributed by atoms with van der Waals surface area (Å²) >= 11 is 0. The normalized spacial score (nSPS) is 32.2. The average Bonchev–Trinajstić information content (AvgIpc) is 2.89. The van der Waals surface area contributed by atoms with Gasteiger partial charge in [0.1, 0.15) is 17.6 Å². The molecule has 0 bridgehead atoms. The molecular weight excluding hydrogens is 234 g/mol. The molecule has 0 aliphatic carbocycles. The van der Waals surface area contributed by atoms with Gasteiger partial charge in [0.05, 0.1) is 12.7 Å². The summed E-state index contributed by atoms with van der Waals surface area (Å²) in [6.45, 7) is 1.61. The van der Waals surface area contributed by atoms with Crippen molar-refractivity contribution in [3.8, 4) is 0 Å². The summed E-state index contributed by atoms with van der Waals surface area (Å²) in [4.78, 5) is 8.15. The van der Waals surface area contributed by atoms with Crippen LogP contribution in [-0.2, 0) is 4.74 Å². The molecule has 0 spiro atoms. The van der Waals surface area contributed by atoms with E-state index in [-0.39, 0.29) is 12.7 Å². The lowest BCUT2D eigenvalue weighted by atomic mass is 10.0. The van der Waals surface area contributed by atoms with Crippen LogP contribution in [0.3, 0.4) is 0 Å². The van der Waals surface area contributed by atoms with Crippen molar-refractivity contribution in [2.24, 2.45) is 0 Å². The summed E-state index contributed by atoms with van der Waals surface area (Å²) in [6.07, 6.45) is 4.52. The zero-order chi connectivity index (χ0) is 12.8. The first kappa shape index (κ1) is 11.6. The van der Waals surface area contributed by atoms with Crippen LogP contribution < -0.4 is 0 Å². The van der Waals surface area contributed by atoms with Crippen molar-refractivity contribution in [2.45, 2.75) is 31.3 Å². The highest BCUT2D eigenvalue weighted by Gasteiger charge is 2.45. The number of aromatic nitrogens is 3. The van der Waals surface area contributed by atoms with Crippen LogP contribution in [0.2, 0.25) is 0 Å². The molecule has 0 radical (unpaired) electrons. The number of nitrogens with zero attached hydrogens (tertiary/aromatic N) is 3. The highest BCUT2D eigenvalue weighted by molar-refractivity contribution is 5.74. The maximum Gasteiger partial charge on any atom is 0.164 e. The van der Waals surface area contributed by atoms with E-state index in [2.05, 4.69) is 9.97 Å². The predicted octanol–water partition coefficient (Wildman–Crippen LogP) is 0.462. The van der Waals surface area contributed by atoms with Crippen LogP contribution in [0.5, 0.6) is 0 Å². The lowest BCUT2D eigenvalue weighted by molar-refractivity contribution is -0.0852. The first-order valence-corrected chi connectivity index (χ1v) is 5.87. The minimum atomic E-state index is -1.02. The first-order chi connectivity index (χ1) is 8.62. The molecule has 1 fully saturated rings. The highest BCUT2D eigenvalue weighted by atomic mass is 16.5. The number of hydrogen-bond donors (Lipinski definition) is 2. The first-order valence-electron chi connectivity index (χ1n) is 5.87. The molecule has 1 unspecified atom stereocenters. The zero-order valence-electron chi connectivity index (χ0n) is 10.0. The van der Waals surface area contributed by atoms with E-state index >= 15 is 0 Å². The minimum absolute atomic E-state index is 0.0964. The van der Waals surface area contributed by atoms with E-state index in [0.29, 0.717) is 12.1 Å². The fourth-order valence-electron chi connectivity index (χ4n) is 2.50. The Morgan fingerprint density at radius 2 is 2.44 bits per heavy atom. The van der Waals surface area contributed by atoms with Gasteiger partial charge < -0.3 is 19.5 Å². The monoisotopic (exact) mass is 249 g/mol. The average molecular weight is 249 g/mol. The van der Waals surface area contributed by atoms with Crippen molar-refractivity contribution >= 4 is 11.0 Å². The summed E-state index contributed by atoms with van der Waals surface area (Å²) < 4.78 is 7.47. The molecule has 3 atom stereocenters. The van der Waals surface area contributed by atoms with Crippen LogP contribution in [0.15, 0.2) is 24.8 Å². The Balaban J connectivity index is 2.04. The van der Waals surface area contributed by atoms with Crippen LogP contribution in [-0.4, -0.2) is 43.1 Å². The zero-order valence-corrected chi connectivity index (χ0v) is 10.0. The SMILES string of the molecule is C[C@@]1(O)C[C@@H](CO)OC1n1ccc2cncnc21. The number of ether oxygens (including phenoxy) is 1. The van der Waals surface area contributed by atoms with Crippen LogP contribution in [0, 0.1) is 0 Å². The maximum absolute atomic E-state index is 10.4. The molecule has 2 aromatic rings. The fraction of sp³-hybridized carbons (Fsp3) is 0.500. The summed E-state index contributed by atoms with van der Waals surface area (Å²) in [5.41, 5.74) is -0.307. The van der Waals surface area contributed by atoms with E-state index in [0.717, 1.165) is 5.39 Å². The van der Waals surface area contributed by atoms with E-state index in [1.165, 1.54) is 6.33 Å².